The Kier molecular flexibility index (Phi) is 7.15. The van der Waals surface area contributed by atoms with Crippen LogP contribution < -0.4 is 10.6 Å². The van der Waals surface area contributed by atoms with E-state index in [1.54, 1.807) is 0 Å². The number of amides is 2. The molecule has 20 heavy (non-hydrogen) atoms. The van der Waals surface area contributed by atoms with Crippen molar-refractivity contribution in [3.8, 4) is 0 Å². The molecule has 1 aromatic carbocycles. The van der Waals surface area contributed by atoms with E-state index in [1.165, 1.54) is 12.5 Å². The first kappa shape index (κ1) is 16.6. The number of carbonyl (C=O) groups is 2. The fourth-order valence-electron chi connectivity index (χ4n) is 1.88. The Morgan fingerprint density at radius 2 is 1.85 bits per heavy atom. The van der Waals surface area contributed by atoms with E-state index < -0.39 is 6.04 Å². The number of thiol groups is 1. The minimum absolute atomic E-state index is 0.0545. The Labute approximate surface area is 125 Å². The monoisotopic (exact) mass is 294 g/mol. The third-order valence-electron chi connectivity index (χ3n) is 2.97. The van der Waals surface area contributed by atoms with Gasteiger partial charge in [-0.3, -0.25) is 9.59 Å². The molecule has 0 heterocycles. The van der Waals surface area contributed by atoms with E-state index in [1.807, 2.05) is 25.1 Å². The molecule has 0 aromatic heterocycles. The number of hydrogen-bond donors (Lipinski definition) is 3. The lowest BCUT2D eigenvalue weighted by Gasteiger charge is -2.19. The molecule has 2 atom stereocenters. The van der Waals surface area contributed by atoms with Gasteiger partial charge in [0.15, 0.2) is 0 Å². The van der Waals surface area contributed by atoms with Crippen LogP contribution in [0.4, 0.5) is 0 Å². The highest BCUT2D eigenvalue weighted by Gasteiger charge is 2.19. The molecule has 0 aliphatic heterocycles. The Bertz CT molecular complexity index is 437. The summed E-state index contributed by atoms with van der Waals surface area (Å²) < 4.78 is 0. The first-order valence-electron chi connectivity index (χ1n) is 6.75. The van der Waals surface area contributed by atoms with Crippen molar-refractivity contribution in [3.63, 3.8) is 0 Å². The molecule has 0 spiro atoms. The van der Waals surface area contributed by atoms with Crippen LogP contribution >= 0.6 is 12.6 Å². The molecule has 0 fully saturated rings. The molecule has 1 rings (SSSR count). The van der Waals surface area contributed by atoms with Crippen LogP contribution in [0.3, 0.4) is 0 Å². The van der Waals surface area contributed by atoms with Crippen molar-refractivity contribution in [2.45, 2.75) is 38.8 Å². The number of nitrogens with one attached hydrogen (secondary N) is 2. The van der Waals surface area contributed by atoms with Crippen molar-refractivity contribution in [1.29, 1.82) is 0 Å². The van der Waals surface area contributed by atoms with Crippen molar-refractivity contribution in [1.82, 2.24) is 10.6 Å². The maximum absolute atomic E-state index is 12.0. The normalized spacial score (nSPS) is 13.3. The average molecular weight is 294 g/mol. The fraction of sp³-hybridized carbons (Fsp3) is 0.467. The van der Waals surface area contributed by atoms with Gasteiger partial charge in [-0.2, -0.15) is 12.6 Å². The summed E-state index contributed by atoms with van der Waals surface area (Å²) in [6.45, 7) is 3.35. The van der Waals surface area contributed by atoms with Gasteiger partial charge in [-0.05, 0) is 25.3 Å². The van der Waals surface area contributed by atoms with Gasteiger partial charge < -0.3 is 10.6 Å². The molecular weight excluding hydrogens is 272 g/mol. The molecule has 2 N–H and O–H groups in total. The van der Waals surface area contributed by atoms with Gasteiger partial charge in [0.25, 0.3) is 0 Å². The summed E-state index contributed by atoms with van der Waals surface area (Å²) in [7, 11) is 0. The van der Waals surface area contributed by atoms with Crippen LogP contribution in [0.25, 0.3) is 0 Å². The Hall–Kier alpha value is -1.49. The van der Waals surface area contributed by atoms with Gasteiger partial charge in [-0.25, -0.2) is 0 Å². The van der Waals surface area contributed by atoms with Gasteiger partial charge in [-0.15, -0.1) is 0 Å². The van der Waals surface area contributed by atoms with Crippen molar-refractivity contribution >= 4 is 24.4 Å². The summed E-state index contributed by atoms with van der Waals surface area (Å²) in [5, 5.41) is 5.49. The third kappa shape index (κ3) is 6.10. The number of benzene rings is 1. The third-order valence-corrected chi connectivity index (χ3v) is 3.34. The molecule has 0 saturated carbocycles. The van der Waals surface area contributed by atoms with Gasteiger partial charge in [0.05, 0.1) is 0 Å². The Morgan fingerprint density at radius 3 is 2.40 bits per heavy atom. The van der Waals surface area contributed by atoms with E-state index >= 15 is 0 Å². The number of aryl methyl sites for hydroxylation is 1. The van der Waals surface area contributed by atoms with Crippen LogP contribution in [0.15, 0.2) is 30.3 Å². The summed E-state index contributed by atoms with van der Waals surface area (Å²) >= 11 is 4.09. The largest absolute Gasteiger partial charge is 0.352 e. The highest BCUT2D eigenvalue weighted by Crippen LogP contribution is 2.05. The van der Waals surface area contributed by atoms with Gasteiger partial charge in [0, 0.05) is 18.7 Å². The molecule has 0 radical (unpaired) electrons. The standard InChI is InChI=1S/C15H22N2O2S/c1-11(8-9-13-6-4-3-5-7-13)16-15(19)14(10-20)17-12(2)18/h3-7,11,14,20H,8-10H2,1-2H3,(H,16,19)(H,17,18). The Morgan fingerprint density at radius 1 is 1.20 bits per heavy atom. The van der Waals surface area contributed by atoms with E-state index in [-0.39, 0.29) is 23.6 Å². The molecule has 110 valence electrons. The fourth-order valence-corrected chi connectivity index (χ4v) is 2.14. The summed E-state index contributed by atoms with van der Waals surface area (Å²) in [6, 6.07) is 9.62. The lowest BCUT2D eigenvalue weighted by atomic mass is 10.1. The minimum atomic E-state index is -0.574. The molecule has 0 bridgehead atoms. The quantitative estimate of drug-likeness (QED) is 0.668. The second-order valence-corrected chi connectivity index (χ2v) is 5.23. The van der Waals surface area contributed by atoms with Crippen LogP contribution in [0.5, 0.6) is 0 Å². The lowest BCUT2D eigenvalue weighted by Crippen LogP contribution is -2.49. The van der Waals surface area contributed by atoms with E-state index in [0.717, 1.165) is 12.8 Å². The summed E-state index contributed by atoms with van der Waals surface area (Å²) in [5.74, 6) is -0.122. The Balaban J connectivity index is 2.39. The van der Waals surface area contributed by atoms with Crippen LogP contribution in [0.1, 0.15) is 25.8 Å². The topological polar surface area (TPSA) is 58.2 Å². The van der Waals surface area contributed by atoms with Gasteiger partial charge in [-0.1, -0.05) is 30.3 Å². The first-order chi connectivity index (χ1) is 9.52. The SMILES string of the molecule is CC(=O)NC(CS)C(=O)NC(C)CCc1ccccc1. The first-order valence-corrected chi connectivity index (χ1v) is 7.38. The molecule has 5 heteroatoms. The zero-order valence-electron chi connectivity index (χ0n) is 11.9. The zero-order valence-corrected chi connectivity index (χ0v) is 12.8. The number of carbonyl (C=O) groups excluding carboxylic acids is 2. The van der Waals surface area contributed by atoms with Gasteiger partial charge in [0.1, 0.15) is 6.04 Å². The van der Waals surface area contributed by atoms with Crippen molar-refractivity contribution in [2.24, 2.45) is 0 Å². The minimum Gasteiger partial charge on any atom is -0.352 e. The van der Waals surface area contributed by atoms with Gasteiger partial charge in [0.2, 0.25) is 11.8 Å². The number of rotatable bonds is 7. The molecular formula is C15H22N2O2S. The smallest absolute Gasteiger partial charge is 0.243 e. The van der Waals surface area contributed by atoms with Gasteiger partial charge >= 0.3 is 0 Å². The van der Waals surface area contributed by atoms with Crippen LogP contribution in [-0.2, 0) is 16.0 Å². The van der Waals surface area contributed by atoms with Crippen molar-refractivity contribution in [3.05, 3.63) is 35.9 Å². The highest BCUT2D eigenvalue weighted by molar-refractivity contribution is 7.80. The average Bonchev–Trinajstić information content (AvgIpc) is 2.43. The second kappa shape index (κ2) is 8.64. The maximum atomic E-state index is 12.0. The molecule has 4 nitrogen and oxygen atoms in total. The van der Waals surface area contributed by atoms with Crippen LogP contribution in [-0.4, -0.2) is 29.7 Å². The highest BCUT2D eigenvalue weighted by atomic mass is 32.1. The summed E-state index contributed by atoms with van der Waals surface area (Å²) in [5.41, 5.74) is 1.25. The van der Waals surface area contributed by atoms with E-state index in [4.69, 9.17) is 0 Å². The van der Waals surface area contributed by atoms with Crippen molar-refractivity contribution < 1.29 is 9.59 Å². The molecule has 2 amide bonds. The molecule has 2 unspecified atom stereocenters. The van der Waals surface area contributed by atoms with Crippen LogP contribution in [0.2, 0.25) is 0 Å². The molecule has 0 aliphatic carbocycles. The predicted molar refractivity (Wildman–Crippen MR) is 83.8 cm³/mol. The van der Waals surface area contributed by atoms with E-state index in [0.29, 0.717) is 0 Å². The zero-order chi connectivity index (χ0) is 15.0. The lowest BCUT2D eigenvalue weighted by molar-refractivity contribution is -0.127. The molecule has 1 aromatic rings. The van der Waals surface area contributed by atoms with Crippen molar-refractivity contribution in [2.75, 3.05) is 5.75 Å². The van der Waals surface area contributed by atoms with E-state index in [9.17, 15) is 9.59 Å². The van der Waals surface area contributed by atoms with E-state index in [2.05, 4.69) is 35.4 Å². The summed E-state index contributed by atoms with van der Waals surface area (Å²) in [6.07, 6.45) is 1.77. The predicted octanol–water partition coefficient (Wildman–Crippen LogP) is 1.56. The molecule has 0 aliphatic rings. The van der Waals surface area contributed by atoms with Crippen LogP contribution in [0, 0.1) is 0 Å². The molecule has 0 saturated heterocycles. The summed E-state index contributed by atoms with van der Waals surface area (Å²) in [4.78, 5) is 22.9. The second-order valence-electron chi connectivity index (χ2n) is 4.87. The maximum Gasteiger partial charge on any atom is 0.243 e. The number of hydrogen-bond acceptors (Lipinski definition) is 3.